The fourth-order valence-electron chi connectivity index (χ4n) is 4.09. The van der Waals surface area contributed by atoms with Crippen LogP contribution < -0.4 is 10.1 Å². The normalized spacial score (nSPS) is 20.8. The molecule has 134 valence electrons. The van der Waals surface area contributed by atoms with Gasteiger partial charge in [-0.05, 0) is 56.5 Å². The fraction of sp³-hybridized carbons (Fsp3) is 0.600. The van der Waals surface area contributed by atoms with Gasteiger partial charge in [-0.15, -0.1) is 0 Å². The summed E-state index contributed by atoms with van der Waals surface area (Å²) in [5, 5.41) is 12.6. The summed E-state index contributed by atoms with van der Waals surface area (Å²) in [5.74, 6) is 0.733. The molecule has 3 rings (SSSR count). The summed E-state index contributed by atoms with van der Waals surface area (Å²) in [6.45, 7) is 2.62. The highest BCUT2D eigenvalue weighted by atomic mass is 16.5. The Morgan fingerprint density at radius 3 is 2.68 bits per heavy atom. The van der Waals surface area contributed by atoms with E-state index in [0.717, 1.165) is 37.2 Å². The number of nitrogens with one attached hydrogen (secondary N) is 1. The van der Waals surface area contributed by atoms with Crippen LogP contribution >= 0.6 is 0 Å². The molecule has 25 heavy (non-hydrogen) atoms. The highest BCUT2D eigenvalue weighted by Gasteiger charge is 2.41. The van der Waals surface area contributed by atoms with E-state index in [1.807, 2.05) is 18.2 Å². The van der Waals surface area contributed by atoms with E-state index in [1.165, 1.54) is 12.8 Å². The standard InChI is InChI=1S/C20H27N3O2/c1-25-17-8-6-7-16(13-17)18(23-11-4-5-12-23)14-22-19(24)20(15-21)9-2-3-10-20/h6-8,13,18H,2-5,9-12,14H2,1H3,(H,22,24). The number of methoxy groups -OCH3 is 1. The highest BCUT2D eigenvalue weighted by Crippen LogP contribution is 2.38. The van der Waals surface area contributed by atoms with Gasteiger partial charge in [-0.1, -0.05) is 25.0 Å². The van der Waals surface area contributed by atoms with Gasteiger partial charge in [-0.2, -0.15) is 5.26 Å². The molecule has 5 heteroatoms. The number of benzene rings is 1. The zero-order chi connectivity index (χ0) is 17.7. The zero-order valence-electron chi connectivity index (χ0n) is 15.0. The van der Waals surface area contributed by atoms with Gasteiger partial charge in [0.25, 0.3) is 0 Å². The number of carbonyl (C=O) groups excluding carboxylic acids is 1. The Labute approximate surface area is 150 Å². The van der Waals surface area contributed by atoms with E-state index in [1.54, 1.807) is 7.11 Å². The van der Waals surface area contributed by atoms with E-state index in [9.17, 15) is 10.1 Å². The van der Waals surface area contributed by atoms with Gasteiger partial charge in [-0.25, -0.2) is 0 Å². The quantitative estimate of drug-likeness (QED) is 0.864. The summed E-state index contributed by atoms with van der Waals surface area (Å²) in [4.78, 5) is 15.1. The Kier molecular flexibility index (Phi) is 5.60. The van der Waals surface area contributed by atoms with Crippen molar-refractivity contribution in [2.75, 3.05) is 26.7 Å². The molecular weight excluding hydrogens is 314 g/mol. The lowest BCUT2D eigenvalue weighted by Gasteiger charge is -2.30. The first-order valence-corrected chi connectivity index (χ1v) is 9.26. The van der Waals surface area contributed by atoms with Gasteiger partial charge in [0.05, 0.1) is 19.2 Å². The van der Waals surface area contributed by atoms with Crippen molar-refractivity contribution in [1.82, 2.24) is 10.2 Å². The highest BCUT2D eigenvalue weighted by molar-refractivity contribution is 5.85. The number of carbonyl (C=O) groups is 1. The van der Waals surface area contributed by atoms with Crippen molar-refractivity contribution in [3.8, 4) is 11.8 Å². The molecule has 0 bridgehead atoms. The first-order chi connectivity index (χ1) is 12.2. The number of ether oxygens (including phenoxy) is 1. The molecule has 1 amide bonds. The van der Waals surface area contributed by atoms with Crippen molar-refractivity contribution in [3.63, 3.8) is 0 Å². The lowest BCUT2D eigenvalue weighted by Crippen LogP contribution is -2.43. The van der Waals surface area contributed by atoms with Crippen LogP contribution in [0.15, 0.2) is 24.3 Å². The van der Waals surface area contributed by atoms with Gasteiger partial charge in [0.2, 0.25) is 5.91 Å². The summed E-state index contributed by atoms with van der Waals surface area (Å²) >= 11 is 0. The molecule has 1 saturated heterocycles. The Balaban J connectivity index is 1.74. The van der Waals surface area contributed by atoms with E-state index in [4.69, 9.17) is 4.74 Å². The molecule has 1 atom stereocenters. The number of rotatable bonds is 6. The molecule has 2 aliphatic rings. The van der Waals surface area contributed by atoms with Crippen LogP contribution in [0.2, 0.25) is 0 Å². The first kappa shape index (κ1) is 17.8. The molecule has 1 unspecified atom stereocenters. The van der Waals surface area contributed by atoms with Gasteiger partial charge in [0, 0.05) is 6.54 Å². The van der Waals surface area contributed by atoms with Gasteiger partial charge in [0.1, 0.15) is 11.2 Å². The SMILES string of the molecule is COc1cccc(C(CNC(=O)C2(C#N)CCCC2)N2CCCC2)c1. The maximum atomic E-state index is 12.7. The Morgan fingerprint density at radius 2 is 2.04 bits per heavy atom. The number of hydrogen-bond donors (Lipinski definition) is 1. The largest absolute Gasteiger partial charge is 0.497 e. The van der Waals surface area contributed by atoms with Crippen molar-refractivity contribution >= 4 is 5.91 Å². The molecule has 2 fully saturated rings. The third-order valence-electron chi connectivity index (χ3n) is 5.62. The molecule has 5 nitrogen and oxygen atoms in total. The summed E-state index contributed by atoms with van der Waals surface area (Å²) < 4.78 is 5.36. The van der Waals surface area contributed by atoms with Gasteiger partial charge in [-0.3, -0.25) is 9.69 Å². The van der Waals surface area contributed by atoms with Crippen LogP contribution in [0.1, 0.15) is 50.1 Å². The molecule has 1 aromatic carbocycles. The molecule has 1 aromatic rings. The third kappa shape index (κ3) is 3.80. The second-order valence-corrected chi connectivity index (χ2v) is 7.15. The summed E-state index contributed by atoms with van der Waals surface area (Å²) in [7, 11) is 1.67. The Morgan fingerprint density at radius 1 is 1.32 bits per heavy atom. The average Bonchev–Trinajstić information content (AvgIpc) is 3.34. The number of nitriles is 1. The van der Waals surface area contributed by atoms with Crippen molar-refractivity contribution < 1.29 is 9.53 Å². The molecule has 0 spiro atoms. The van der Waals surface area contributed by atoms with Crippen LogP contribution in [0.3, 0.4) is 0 Å². The van der Waals surface area contributed by atoms with E-state index >= 15 is 0 Å². The van der Waals surface area contributed by atoms with Crippen LogP contribution in [-0.2, 0) is 4.79 Å². The molecule has 1 aliphatic carbocycles. The maximum Gasteiger partial charge on any atom is 0.240 e. The molecule has 1 N–H and O–H groups in total. The van der Waals surface area contributed by atoms with Crippen LogP contribution in [0.25, 0.3) is 0 Å². The summed E-state index contributed by atoms with van der Waals surface area (Å²) in [5.41, 5.74) is 0.336. The Bertz CT molecular complexity index is 641. The monoisotopic (exact) mass is 341 g/mol. The smallest absolute Gasteiger partial charge is 0.240 e. The lowest BCUT2D eigenvalue weighted by molar-refractivity contribution is -0.128. The molecule has 1 saturated carbocycles. The minimum absolute atomic E-state index is 0.0976. The Hall–Kier alpha value is -2.06. The van der Waals surface area contributed by atoms with Crippen molar-refractivity contribution in [2.24, 2.45) is 5.41 Å². The van der Waals surface area contributed by atoms with Gasteiger partial charge < -0.3 is 10.1 Å². The molecule has 0 aromatic heterocycles. The van der Waals surface area contributed by atoms with Crippen LogP contribution in [0.4, 0.5) is 0 Å². The van der Waals surface area contributed by atoms with Gasteiger partial charge >= 0.3 is 0 Å². The fourth-order valence-corrected chi connectivity index (χ4v) is 4.09. The van der Waals surface area contributed by atoms with Crippen LogP contribution in [-0.4, -0.2) is 37.6 Å². The van der Waals surface area contributed by atoms with Crippen molar-refractivity contribution in [3.05, 3.63) is 29.8 Å². The lowest BCUT2D eigenvalue weighted by atomic mass is 9.87. The number of amides is 1. The maximum absolute atomic E-state index is 12.7. The number of likely N-dealkylation sites (tertiary alicyclic amines) is 1. The van der Waals surface area contributed by atoms with Crippen molar-refractivity contribution in [2.45, 2.75) is 44.6 Å². The topological polar surface area (TPSA) is 65.4 Å². The van der Waals surface area contributed by atoms with E-state index in [2.05, 4.69) is 22.4 Å². The van der Waals surface area contributed by atoms with Gasteiger partial charge in [0.15, 0.2) is 0 Å². The average molecular weight is 341 g/mol. The zero-order valence-corrected chi connectivity index (χ0v) is 15.0. The molecule has 0 radical (unpaired) electrons. The first-order valence-electron chi connectivity index (χ1n) is 9.26. The van der Waals surface area contributed by atoms with Crippen LogP contribution in [0.5, 0.6) is 5.75 Å². The second-order valence-electron chi connectivity index (χ2n) is 7.15. The van der Waals surface area contributed by atoms with E-state index in [0.29, 0.717) is 19.4 Å². The van der Waals surface area contributed by atoms with E-state index in [-0.39, 0.29) is 11.9 Å². The summed E-state index contributed by atoms with van der Waals surface area (Å²) in [6, 6.07) is 10.5. The predicted molar refractivity (Wildman–Crippen MR) is 96.1 cm³/mol. The predicted octanol–water partition coefficient (Wildman–Crippen LogP) is 3.03. The minimum atomic E-state index is -0.816. The third-order valence-corrected chi connectivity index (χ3v) is 5.62. The van der Waals surface area contributed by atoms with E-state index < -0.39 is 5.41 Å². The second kappa shape index (κ2) is 7.88. The number of hydrogen-bond acceptors (Lipinski definition) is 4. The molecular formula is C20H27N3O2. The number of nitrogens with zero attached hydrogens (tertiary/aromatic N) is 2. The van der Waals surface area contributed by atoms with Crippen molar-refractivity contribution in [1.29, 1.82) is 5.26 Å². The summed E-state index contributed by atoms with van der Waals surface area (Å²) in [6.07, 6.45) is 5.68. The minimum Gasteiger partial charge on any atom is -0.497 e. The van der Waals surface area contributed by atoms with Crippen LogP contribution in [0, 0.1) is 16.7 Å². The molecule has 1 heterocycles. The molecule has 1 aliphatic heterocycles.